The number of halogens is 2. The van der Waals surface area contributed by atoms with Gasteiger partial charge in [0.25, 0.3) is 0 Å². The number of hydrogen-bond acceptors (Lipinski definition) is 3. The summed E-state index contributed by atoms with van der Waals surface area (Å²) in [7, 11) is -2.94. The van der Waals surface area contributed by atoms with E-state index in [1.165, 1.54) is 0 Å². The Hall–Kier alpha value is -0.260. The van der Waals surface area contributed by atoms with Gasteiger partial charge in [0, 0.05) is 18.0 Å². The van der Waals surface area contributed by atoms with Crippen molar-refractivity contribution in [3.05, 3.63) is 27.7 Å². The van der Waals surface area contributed by atoms with Crippen molar-refractivity contribution in [2.45, 2.75) is 13.3 Å². The lowest BCUT2D eigenvalue weighted by Crippen LogP contribution is -2.18. The van der Waals surface area contributed by atoms with E-state index in [0.717, 1.165) is 10.2 Å². The maximum absolute atomic E-state index is 11.5. The molecular formula is C11H15BrClNO2S. The second-order valence-electron chi connectivity index (χ2n) is 3.68. The largest absolute Gasteiger partial charge is 0.383 e. The number of benzene rings is 1. The Bertz CT molecular complexity index is 476. The molecule has 0 aliphatic heterocycles. The van der Waals surface area contributed by atoms with E-state index in [4.69, 9.17) is 11.6 Å². The van der Waals surface area contributed by atoms with Crippen molar-refractivity contribution in [2.24, 2.45) is 0 Å². The normalized spacial score (nSPS) is 11.5. The molecule has 0 aromatic heterocycles. The molecule has 0 unspecified atom stereocenters. The average molecular weight is 341 g/mol. The van der Waals surface area contributed by atoms with Crippen LogP contribution in [0.2, 0.25) is 5.02 Å². The van der Waals surface area contributed by atoms with Crippen LogP contribution >= 0.6 is 27.5 Å². The summed E-state index contributed by atoms with van der Waals surface area (Å²) < 4.78 is 23.7. The first-order chi connectivity index (χ1) is 7.96. The van der Waals surface area contributed by atoms with Crippen LogP contribution in [-0.4, -0.2) is 26.5 Å². The number of hydrogen-bond donors (Lipinski definition) is 1. The van der Waals surface area contributed by atoms with Crippen molar-refractivity contribution < 1.29 is 8.42 Å². The van der Waals surface area contributed by atoms with Gasteiger partial charge < -0.3 is 5.32 Å². The summed E-state index contributed by atoms with van der Waals surface area (Å²) in [6, 6.07) is 5.43. The predicted octanol–water partition coefficient (Wildman–Crippen LogP) is 3.34. The molecule has 0 saturated carbocycles. The van der Waals surface area contributed by atoms with Gasteiger partial charge in [-0.1, -0.05) is 24.6 Å². The highest BCUT2D eigenvalue weighted by Crippen LogP contribution is 2.29. The molecule has 1 N–H and O–H groups in total. The topological polar surface area (TPSA) is 46.2 Å². The van der Waals surface area contributed by atoms with Crippen LogP contribution in [0.4, 0.5) is 5.69 Å². The molecule has 0 fully saturated rings. The summed E-state index contributed by atoms with van der Waals surface area (Å²) in [4.78, 5) is 0. The molecule has 3 nitrogen and oxygen atoms in total. The molecule has 96 valence electrons. The molecular weight excluding hydrogens is 326 g/mol. The molecule has 0 bridgehead atoms. The van der Waals surface area contributed by atoms with Crippen molar-refractivity contribution in [3.63, 3.8) is 0 Å². The molecule has 0 spiro atoms. The van der Waals surface area contributed by atoms with Crippen LogP contribution in [-0.2, 0) is 9.84 Å². The lowest BCUT2D eigenvalue weighted by molar-refractivity contribution is 0.595. The lowest BCUT2D eigenvalue weighted by Gasteiger charge is -2.09. The zero-order valence-corrected chi connectivity index (χ0v) is 12.7. The molecule has 0 amide bonds. The van der Waals surface area contributed by atoms with Gasteiger partial charge in [0.15, 0.2) is 9.84 Å². The summed E-state index contributed by atoms with van der Waals surface area (Å²) in [6.45, 7) is 2.25. The summed E-state index contributed by atoms with van der Waals surface area (Å²) in [6.07, 6.45) is 0.656. The first-order valence-corrected chi connectivity index (χ1v) is 8.34. The minimum absolute atomic E-state index is 0.139. The van der Waals surface area contributed by atoms with Gasteiger partial charge in [-0.2, -0.15) is 0 Å². The average Bonchev–Trinajstić information content (AvgIpc) is 2.24. The third kappa shape index (κ3) is 4.85. The van der Waals surface area contributed by atoms with E-state index in [0.29, 0.717) is 18.0 Å². The highest BCUT2D eigenvalue weighted by atomic mass is 79.9. The molecule has 0 heterocycles. The molecule has 1 rings (SSSR count). The molecule has 0 radical (unpaired) electrons. The maximum Gasteiger partial charge on any atom is 0.152 e. The van der Waals surface area contributed by atoms with Gasteiger partial charge >= 0.3 is 0 Å². The van der Waals surface area contributed by atoms with Crippen LogP contribution in [0.15, 0.2) is 22.7 Å². The van der Waals surface area contributed by atoms with Crippen LogP contribution in [0.3, 0.4) is 0 Å². The molecule has 0 aliphatic carbocycles. The van der Waals surface area contributed by atoms with Gasteiger partial charge in [0.05, 0.1) is 15.2 Å². The Morgan fingerprint density at radius 3 is 2.71 bits per heavy atom. The van der Waals surface area contributed by atoms with Crippen molar-refractivity contribution >= 4 is 43.1 Å². The first kappa shape index (κ1) is 14.8. The lowest BCUT2D eigenvalue weighted by atomic mass is 10.3. The van der Waals surface area contributed by atoms with Crippen molar-refractivity contribution in [3.8, 4) is 0 Å². The number of nitrogens with one attached hydrogen (secondary N) is 1. The molecule has 0 saturated heterocycles. The van der Waals surface area contributed by atoms with Crippen LogP contribution in [0, 0.1) is 0 Å². The Morgan fingerprint density at radius 2 is 2.06 bits per heavy atom. The van der Waals surface area contributed by atoms with E-state index >= 15 is 0 Å². The van der Waals surface area contributed by atoms with E-state index in [1.807, 2.05) is 19.1 Å². The zero-order valence-electron chi connectivity index (χ0n) is 9.54. The Kier molecular flexibility index (Phi) is 5.76. The predicted molar refractivity (Wildman–Crippen MR) is 76.6 cm³/mol. The SMILES string of the molecule is CCCS(=O)(=O)CCNc1cccc(Cl)c1Br. The minimum Gasteiger partial charge on any atom is -0.383 e. The molecule has 1 aromatic carbocycles. The quantitative estimate of drug-likeness (QED) is 0.864. The van der Waals surface area contributed by atoms with E-state index in [-0.39, 0.29) is 11.5 Å². The van der Waals surface area contributed by atoms with Crippen molar-refractivity contribution in [1.29, 1.82) is 0 Å². The number of anilines is 1. The van der Waals surface area contributed by atoms with Crippen molar-refractivity contribution in [2.75, 3.05) is 23.4 Å². The maximum atomic E-state index is 11.5. The van der Waals surface area contributed by atoms with Crippen LogP contribution < -0.4 is 5.32 Å². The van der Waals surface area contributed by atoms with E-state index in [9.17, 15) is 8.42 Å². The fourth-order valence-corrected chi connectivity index (χ4v) is 3.21. The zero-order chi connectivity index (χ0) is 12.9. The van der Waals surface area contributed by atoms with Gasteiger partial charge in [-0.15, -0.1) is 0 Å². The van der Waals surface area contributed by atoms with Crippen LogP contribution in [0.5, 0.6) is 0 Å². The summed E-state index contributed by atoms with van der Waals surface area (Å²) >= 11 is 9.27. The van der Waals surface area contributed by atoms with Gasteiger partial charge in [0.2, 0.25) is 0 Å². The molecule has 1 aromatic rings. The fraction of sp³-hybridized carbons (Fsp3) is 0.455. The van der Waals surface area contributed by atoms with Crippen molar-refractivity contribution in [1.82, 2.24) is 0 Å². The molecule has 0 aliphatic rings. The van der Waals surface area contributed by atoms with E-state index in [1.54, 1.807) is 6.07 Å². The second-order valence-corrected chi connectivity index (χ2v) is 7.18. The van der Waals surface area contributed by atoms with Crippen LogP contribution in [0.1, 0.15) is 13.3 Å². The van der Waals surface area contributed by atoms with E-state index in [2.05, 4.69) is 21.2 Å². The minimum atomic E-state index is -2.94. The van der Waals surface area contributed by atoms with Gasteiger partial charge in [-0.25, -0.2) is 8.42 Å². The third-order valence-corrected chi connectivity index (χ3v) is 5.45. The van der Waals surface area contributed by atoms with E-state index < -0.39 is 9.84 Å². The number of sulfone groups is 1. The standard InChI is InChI=1S/C11H15BrClNO2S/c1-2-7-17(15,16)8-6-14-10-5-3-4-9(13)11(10)12/h3-5,14H,2,6-8H2,1H3. The summed E-state index contributed by atoms with van der Waals surface area (Å²) in [5.74, 6) is 0.380. The summed E-state index contributed by atoms with van der Waals surface area (Å²) in [5, 5.41) is 3.66. The third-order valence-electron chi connectivity index (χ3n) is 2.20. The Labute approximate surface area is 116 Å². The Morgan fingerprint density at radius 1 is 1.35 bits per heavy atom. The molecule has 0 atom stereocenters. The number of rotatable bonds is 6. The van der Waals surface area contributed by atoms with Crippen LogP contribution in [0.25, 0.3) is 0 Å². The highest BCUT2D eigenvalue weighted by molar-refractivity contribution is 9.10. The molecule has 6 heteroatoms. The smallest absolute Gasteiger partial charge is 0.152 e. The monoisotopic (exact) mass is 339 g/mol. The van der Waals surface area contributed by atoms with Gasteiger partial charge in [0.1, 0.15) is 0 Å². The highest BCUT2D eigenvalue weighted by Gasteiger charge is 2.09. The fourth-order valence-electron chi connectivity index (χ4n) is 1.39. The summed E-state index contributed by atoms with van der Waals surface area (Å²) in [5.41, 5.74) is 0.809. The Balaban J connectivity index is 2.55. The van der Waals surface area contributed by atoms with Gasteiger partial charge in [-0.3, -0.25) is 0 Å². The second kappa shape index (κ2) is 6.61. The van der Waals surface area contributed by atoms with Gasteiger partial charge in [-0.05, 0) is 34.5 Å². The molecule has 17 heavy (non-hydrogen) atoms. The first-order valence-electron chi connectivity index (χ1n) is 5.34.